The van der Waals surface area contributed by atoms with E-state index in [1.807, 2.05) is 18.2 Å². The van der Waals surface area contributed by atoms with Crippen LogP contribution in [-0.4, -0.2) is 46.4 Å². The highest BCUT2D eigenvalue weighted by Gasteiger charge is 2.26. The zero-order valence-electron chi connectivity index (χ0n) is 14.5. The van der Waals surface area contributed by atoms with Crippen LogP contribution in [0.25, 0.3) is 0 Å². The van der Waals surface area contributed by atoms with Gasteiger partial charge in [-0.2, -0.15) is 5.10 Å². The first kappa shape index (κ1) is 16.1. The molecule has 0 unspecified atom stereocenters. The molecule has 25 heavy (non-hydrogen) atoms. The molecular formula is C18H23N5O2. The van der Waals surface area contributed by atoms with Gasteiger partial charge in [-0.3, -0.25) is 9.89 Å². The van der Waals surface area contributed by atoms with Crippen molar-refractivity contribution in [1.29, 1.82) is 0 Å². The molecule has 0 bridgehead atoms. The number of hydrogen-bond donors (Lipinski definition) is 2. The van der Waals surface area contributed by atoms with Crippen LogP contribution in [0.5, 0.6) is 0 Å². The third-order valence-corrected chi connectivity index (χ3v) is 4.60. The van der Waals surface area contributed by atoms with E-state index in [0.717, 1.165) is 24.6 Å². The molecule has 1 saturated carbocycles. The van der Waals surface area contributed by atoms with Gasteiger partial charge in [-0.15, -0.1) is 0 Å². The Morgan fingerprint density at radius 1 is 1.28 bits per heavy atom. The molecule has 4 rings (SSSR count). The lowest BCUT2D eigenvalue weighted by Gasteiger charge is -2.36. The molecule has 1 aliphatic carbocycles. The molecule has 1 saturated heterocycles. The fraction of sp³-hybridized carbons (Fsp3) is 0.500. The quantitative estimate of drug-likeness (QED) is 0.893. The molecule has 2 N–H and O–H groups in total. The first-order valence-corrected chi connectivity index (χ1v) is 8.81. The van der Waals surface area contributed by atoms with Gasteiger partial charge in [0.15, 0.2) is 5.69 Å². The number of aromatic amines is 1. The SMILES string of the molecule is C[C@@H]1CN(c2ccc(NC(=O)c3cc(C4CC4)[nH]n3)cn2)C[C@H](C)O1. The predicted octanol–water partition coefficient (Wildman–Crippen LogP) is 2.55. The number of anilines is 2. The summed E-state index contributed by atoms with van der Waals surface area (Å²) in [5.74, 6) is 1.23. The van der Waals surface area contributed by atoms with Gasteiger partial charge in [0, 0.05) is 24.7 Å². The number of aromatic nitrogens is 3. The third-order valence-electron chi connectivity index (χ3n) is 4.60. The van der Waals surface area contributed by atoms with E-state index in [9.17, 15) is 4.79 Å². The second-order valence-electron chi connectivity index (χ2n) is 7.00. The molecule has 0 aromatic carbocycles. The van der Waals surface area contributed by atoms with Crippen LogP contribution in [0, 0.1) is 0 Å². The van der Waals surface area contributed by atoms with Gasteiger partial charge in [-0.25, -0.2) is 4.98 Å². The van der Waals surface area contributed by atoms with Crippen molar-refractivity contribution in [1.82, 2.24) is 15.2 Å². The molecule has 2 aliphatic rings. The lowest BCUT2D eigenvalue weighted by molar-refractivity contribution is -0.00545. The minimum absolute atomic E-state index is 0.185. The van der Waals surface area contributed by atoms with Crippen molar-refractivity contribution in [3.63, 3.8) is 0 Å². The Kier molecular flexibility index (Phi) is 4.17. The number of pyridine rings is 1. The minimum atomic E-state index is -0.216. The number of ether oxygens (including phenoxy) is 1. The van der Waals surface area contributed by atoms with E-state index < -0.39 is 0 Å². The van der Waals surface area contributed by atoms with Crippen molar-refractivity contribution >= 4 is 17.4 Å². The summed E-state index contributed by atoms with van der Waals surface area (Å²) in [6.07, 6.45) is 4.41. The third kappa shape index (κ3) is 3.66. The van der Waals surface area contributed by atoms with E-state index >= 15 is 0 Å². The fourth-order valence-electron chi connectivity index (χ4n) is 3.26. The number of carbonyl (C=O) groups is 1. The smallest absolute Gasteiger partial charge is 0.276 e. The van der Waals surface area contributed by atoms with Crippen molar-refractivity contribution in [3.05, 3.63) is 35.8 Å². The summed E-state index contributed by atoms with van der Waals surface area (Å²) in [7, 11) is 0. The second-order valence-corrected chi connectivity index (χ2v) is 7.00. The van der Waals surface area contributed by atoms with Crippen LogP contribution in [0.1, 0.15) is 48.8 Å². The van der Waals surface area contributed by atoms with Crippen LogP contribution in [0.3, 0.4) is 0 Å². The van der Waals surface area contributed by atoms with Gasteiger partial charge in [0.2, 0.25) is 0 Å². The van der Waals surface area contributed by atoms with Crippen LogP contribution in [0.2, 0.25) is 0 Å². The van der Waals surface area contributed by atoms with Crippen molar-refractivity contribution in [2.75, 3.05) is 23.3 Å². The molecule has 2 fully saturated rings. The summed E-state index contributed by atoms with van der Waals surface area (Å²) in [6, 6.07) is 5.64. The number of nitrogens with one attached hydrogen (secondary N) is 2. The van der Waals surface area contributed by atoms with Crippen LogP contribution in [0.15, 0.2) is 24.4 Å². The zero-order valence-corrected chi connectivity index (χ0v) is 14.5. The highest BCUT2D eigenvalue weighted by molar-refractivity contribution is 6.02. The van der Waals surface area contributed by atoms with Gasteiger partial charge in [-0.05, 0) is 44.9 Å². The highest BCUT2D eigenvalue weighted by Crippen LogP contribution is 2.39. The number of nitrogens with zero attached hydrogens (tertiary/aromatic N) is 3. The molecule has 7 nitrogen and oxygen atoms in total. The molecule has 2 aromatic heterocycles. The predicted molar refractivity (Wildman–Crippen MR) is 95.0 cm³/mol. The Bertz CT molecular complexity index is 743. The van der Waals surface area contributed by atoms with Crippen LogP contribution < -0.4 is 10.2 Å². The Balaban J connectivity index is 1.40. The Morgan fingerprint density at radius 3 is 2.68 bits per heavy atom. The van der Waals surface area contributed by atoms with Gasteiger partial charge in [0.05, 0.1) is 24.1 Å². The fourth-order valence-corrected chi connectivity index (χ4v) is 3.26. The lowest BCUT2D eigenvalue weighted by Crippen LogP contribution is -2.45. The van der Waals surface area contributed by atoms with Crippen LogP contribution in [-0.2, 0) is 4.74 Å². The number of morpholine rings is 1. The Labute approximate surface area is 146 Å². The van der Waals surface area contributed by atoms with E-state index in [1.165, 1.54) is 12.8 Å². The molecule has 0 radical (unpaired) electrons. The Hall–Kier alpha value is -2.41. The van der Waals surface area contributed by atoms with Gasteiger partial charge in [0.25, 0.3) is 5.91 Å². The van der Waals surface area contributed by atoms with Crippen LogP contribution >= 0.6 is 0 Å². The van der Waals surface area contributed by atoms with E-state index in [1.54, 1.807) is 6.20 Å². The Morgan fingerprint density at radius 2 is 2.04 bits per heavy atom. The van der Waals surface area contributed by atoms with Crippen molar-refractivity contribution in [3.8, 4) is 0 Å². The van der Waals surface area contributed by atoms with Gasteiger partial charge in [-0.1, -0.05) is 0 Å². The molecule has 3 heterocycles. The highest BCUT2D eigenvalue weighted by atomic mass is 16.5. The molecular weight excluding hydrogens is 318 g/mol. The summed E-state index contributed by atoms with van der Waals surface area (Å²) in [6.45, 7) is 5.77. The monoisotopic (exact) mass is 341 g/mol. The number of H-pyrrole nitrogens is 1. The average Bonchev–Trinajstić information content (AvgIpc) is 3.31. The number of hydrogen-bond acceptors (Lipinski definition) is 5. The van der Waals surface area contributed by atoms with E-state index in [4.69, 9.17) is 4.74 Å². The first-order valence-electron chi connectivity index (χ1n) is 8.81. The molecule has 7 heteroatoms. The maximum Gasteiger partial charge on any atom is 0.276 e. The zero-order chi connectivity index (χ0) is 17.4. The average molecular weight is 341 g/mol. The van der Waals surface area contributed by atoms with Gasteiger partial charge in [0.1, 0.15) is 5.82 Å². The topological polar surface area (TPSA) is 83.1 Å². The van der Waals surface area contributed by atoms with Crippen LogP contribution in [0.4, 0.5) is 11.5 Å². The van der Waals surface area contributed by atoms with Crippen molar-refractivity contribution in [2.45, 2.75) is 44.8 Å². The van der Waals surface area contributed by atoms with E-state index in [-0.39, 0.29) is 18.1 Å². The summed E-state index contributed by atoms with van der Waals surface area (Å²) in [5, 5.41) is 9.90. The summed E-state index contributed by atoms with van der Waals surface area (Å²) >= 11 is 0. The molecule has 2 atom stereocenters. The maximum absolute atomic E-state index is 12.3. The number of rotatable bonds is 4. The van der Waals surface area contributed by atoms with Crippen molar-refractivity contribution < 1.29 is 9.53 Å². The lowest BCUT2D eigenvalue weighted by atomic mass is 10.2. The number of carbonyl (C=O) groups excluding carboxylic acids is 1. The largest absolute Gasteiger partial charge is 0.372 e. The minimum Gasteiger partial charge on any atom is -0.372 e. The molecule has 1 amide bonds. The van der Waals surface area contributed by atoms with Gasteiger partial charge < -0.3 is 15.0 Å². The van der Waals surface area contributed by atoms with E-state index in [2.05, 4.69) is 39.2 Å². The first-order chi connectivity index (χ1) is 12.1. The maximum atomic E-state index is 12.3. The van der Waals surface area contributed by atoms with Gasteiger partial charge >= 0.3 is 0 Å². The second kappa shape index (κ2) is 6.48. The summed E-state index contributed by atoms with van der Waals surface area (Å²) in [5.41, 5.74) is 2.13. The summed E-state index contributed by atoms with van der Waals surface area (Å²) in [4.78, 5) is 19.0. The molecule has 0 spiro atoms. The van der Waals surface area contributed by atoms with Crippen molar-refractivity contribution in [2.24, 2.45) is 0 Å². The molecule has 132 valence electrons. The normalized spacial score (nSPS) is 23.5. The molecule has 1 aliphatic heterocycles. The molecule has 2 aromatic rings. The summed E-state index contributed by atoms with van der Waals surface area (Å²) < 4.78 is 5.75. The van der Waals surface area contributed by atoms with E-state index in [0.29, 0.717) is 17.3 Å². The number of amides is 1. The standard InChI is InChI=1S/C18H23N5O2/c1-11-9-23(10-12(2)25-11)17-6-5-14(8-19-17)20-18(24)16-7-15(21-22-16)13-3-4-13/h5-8,11-13H,3-4,9-10H2,1-2H3,(H,20,24)(H,21,22)/t11-,12+.